The fourth-order valence-corrected chi connectivity index (χ4v) is 1.30. The Hall–Kier alpha value is -1.62. The SMILES string of the molecule is CC(C)(CCl)NC(=O)c1ccccc1[N+](=O)[O-]. The molecule has 0 aliphatic carbocycles. The molecule has 0 aliphatic rings. The molecule has 5 nitrogen and oxygen atoms in total. The summed E-state index contributed by atoms with van der Waals surface area (Å²) in [4.78, 5) is 22.1. The highest BCUT2D eigenvalue weighted by molar-refractivity contribution is 6.18. The Bertz CT molecular complexity index is 446. The van der Waals surface area contributed by atoms with Crippen LogP contribution in [0.5, 0.6) is 0 Å². The molecule has 0 bridgehead atoms. The molecule has 1 rings (SSSR count). The molecule has 0 radical (unpaired) electrons. The zero-order chi connectivity index (χ0) is 13.1. The normalized spacial score (nSPS) is 11.0. The summed E-state index contributed by atoms with van der Waals surface area (Å²) in [6.07, 6.45) is 0. The lowest BCUT2D eigenvalue weighted by atomic mass is 10.1. The minimum Gasteiger partial charge on any atom is -0.346 e. The minimum absolute atomic E-state index is 0.0377. The molecular formula is C11H13ClN2O3. The van der Waals surface area contributed by atoms with Crippen LogP contribution in [-0.4, -0.2) is 22.2 Å². The molecule has 6 heteroatoms. The maximum Gasteiger partial charge on any atom is 0.282 e. The van der Waals surface area contributed by atoms with Crippen molar-refractivity contribution in [3.8, 4) is 0 Å². The number of benzene rings is 1. The highest BCUT2D eigenvalue weighted by atomic mass is 35.5. The summed E-state index contributed by atoms with van der Waals surface area (Å²) in [6, 6.07) is 5.80. The minimum atomic E-state index is -0.609. The van der Waals surface area contributed by atoms with E-state index in [2.05, 4.69) is 5.32 Å². The van der Waals surface area contributed by atoms with E-state index in [1.807, 2.05) is 0 Å². The van der Waals surface area contributed by atoms with E-state index in [0.29, 0.717) is 0 Å². The van der Waals surface area contributed by atoms with Crippen LogP contribution in [0.1, 0.15) is 24.2 Å². The number of alkyl halides is 1. The third kappa shape index (κ3) is 3.42. The number of hydrogen-bond acceptors (Lipinski definition) is 3. The molecule has 0 fully saturated rings. The molecule has 0 aromatic heterocycles. The van der Waals surface area contributed by atoms with Gasteiger partial charge in [0.2, 0.25) is 0 Å². The van der Waals surface area contributed by atoms with Crippen molar-refractivity contribution in [2.75, 3.05) is 5.88 Å². The van der Waals surface area contributed by atoms with E-state index in [9.17, 15) is 14.9 Å². The molecule has 1 aromatic rings. The first-order valence-corrected chi connectivity index (χ1v) is 5.53. The van der Waals surface area contributed by atoms with E-state index in [1.165, 1.54) is 18.2 Å². The molecule has 0 atom stereocenters. The number of nitro groups is 1. The number of carbonyl (C=O) groups excluding carboxylic acids is 1. The molecule has 17 heavy (non-hydrogen) atoms. The number of hydrogen-bond donors (Lipinski definition) is 1. The molecule has 0 spiro atoms. The van der Waals surface area contributed by atoms with Crippen molar-refractivity contribution in [1.82, 2.24) is 5.32 Å². The zero-order valence-electron chi connectivity index (χ0n) is 9.57. The van der Waals surface area contributed by atoms with Crippen LogP contribution in [0.3, 0.4) is 0 Å². The summed E-state index contributed by atoms with van der Waals surface area (Å²) >= 11 is 5.68. The van der Waals surface area contributed by atoms with Crippen LogP contribution < -0.4 is 5.32 Å². The predicted molar refractivity (Wildman–Crippen MR) is 65.4 cm³/mol. The van der Waals surface area contributed by atoms with Gasteiger partial charge in [-0.2, -0.15) is 0 Å². The fraction of sp³-hybridized carbons (Fsp3) is 0.364. The van der Waals surface area contributed by atoms with Gasteiger partial charge in [0.05, 0.1) is 4.92 Å². The van der Waals surface area contributed by atoms with Crippen LogP contribution in [0, 0.1) is 10.1 Å². The third-order valence-corrected chi connectivity index (χ3v) is 2.80. The van der Waals surface area contributed by atoms with E-state index >= 15 is 0 Å². The number of rotatable bonds is 4. The Morgan fingerprint density at radius 3 is 2.59 bits per heavy atom. The predicted octanol–water partition coefficient (Wildman–Crippen LogP) is 2.34. The average molecular weight is 257 g/mol. The van der Waals surface area contributed by atoms with Crippen molar-refractivity contribution in [1.29, 1.82) is 0 Å². The first kappa shape index (κ1) is 13.4. The van der Waals surface area contributed by atoms with Crippen LogP contribution in [-0.2, 0) is 0 Å². The van der Waals surface area contributed by atoms with Crippen LogP contribution >= 0.6 is 11.6 Å². The molecular weight excluding hydrogens is 244 g/mol. The molecule has 0 aliphatic heterocycles. The van der Waals surface area contributed by atoms with Gasteiger partial charge in [-0.05, 0) is 19.9 Å². The monoisotopic (exact) mass is 256 g/mol. The summed E-state index contributed by atoms with van der Waals surface area (Å²) in [5.41, 5.74) is -0.784. The van der Waals surface area contributed by atoms with Crippen molar-refractivity contribution < 1.29 is 9.72 Å². The van der Waals surface area contributed by atoms with E-state index in [1.54, 1.807) is 19.9 Å². The van der Waals surface area contributed by atoms with Gasteiger partial charge in [0, 0.05) is 17.5 Å². The van der Waals surface area contributed by atoms with Crippen molar-refractivity contribution in [3.63, 3.8) is 0 Å². The van der Waals surface area contributed by atoms with Crippen molar-refractivity contribution >= 4 is 23.2 Å². The topological polar surface area (TPSA) is 72.2 Å². The van der Waals surface area contributed by atoms with Crippen molar-refractivity contribution in [2.45, 2.75) is 19.4 Å². The van der Waals surface area contributed by atoms with Gasteiger partial charge in [-0.3, -0.25) is 14.9 Å². The van der Waals surface area contributed by atoms with Crippen molar-refractivity contribution in [2.24, 2.45) is 0 Å². The van der Waals surface area contributed by atoms with Gasteiger partial charge in [0.25, 0.3) is 11.6 Å². The summed E-state index contributed by atoms with van der Waals surface area (Å²) in [7, 11) is 0. The molecule has 0 heterocycles. The molecule has 1 amide bonds. The zero-order valence-corrected chi connectivity index (χ0v) is 10.3. The highest BCUT2D eigenvalue weighted by Crippen LogP contribution is 2.18. The quantitative estimate of drug-likeness (QED) is 0.511. The maximum atomic E-state index is 11.9. The number of nitrogens with one attached hydrogen (secondary N) is 1. The Labute approximate surface area is 104 Å². The standard InChI is InChI=1S/C11H13ClN2O3/c1-11(2,7-12)13-10(15)8-5-3-4-6-9(8)14(16)17/h3-6H,7H2,1-2H3,(H,13,15). The average Bonchev–Trinajstić information content (AvgIpc) is 2.28. The third-order valence-electron chi connectivity index (χ3n) is 2.13. The lowest BCUT2D eigenvalue weighted by Gasteiger charge is -2.23. The highest BCUT2D eigenvalue weighted by Gasteiger charge is 2.24. The second-order valence-electron chi connectivity index (χ2n) is 4.25. The molecule has 1 aromatic carbocycles. The van der Waals surface area contributed by atoms with Gasteiger partial charge >= 0.3 is 0 Å². The molecule has 0 saturated heterocycles. The van der Waals surface area contributed by atoms with Gasteiger partial charge in [-0.15, -0.1) is 11.6 Å². The Balaban J connectivity index is 3.01. The maximum absolute atomic E-state index is 11.9. The number of halogens is 1. The van der Waals surface area contributed by atoms with Crippen LogP contribution in [0.2, 0.25) is 0 Å². The largest absolute Gasteiger partial charge is 0.346 e. The van der Waals surface area contributed by atoms with Crippen LogP contribution in [0.4, 0.5) is 5.69 Å². The smallest absolute Gasteiger partial charge is 0.282 e. The summed E-state index contributed by atoms with van der Waals surface area (Å²) in [5.74, 6) is -0.276. The first-order valence-electron chi connectivity index (χ1n) is 4.99. The molecule has 0 unspecified atom stereocenters. The van der Waals surface area contributed by atoms with E-state index < -0.39 is 16.4 Å². The molecule has 92 valence electrons. The fourth-order valence-electron chi connectivity index (χ4n) is 1.23. The molecule has 1 N–H and O–H groups in total. The van der Waals surface area contributed by atoms with Crippen LogP contribution in [0.25, 0.3) is 0 Å². The lowest BCUT2D eigenvalue weighted by Crippen LogP contribution is -2.45. The summed E-state index contributed by atoms with van der Waals surface area (Å²) in [6.45, 7) is 3.49. The number of nitro benzene ring substituents is 1. The lowest BCUT2D eigenvalue weighted by molar-refractivity contribution is -0.385. The van der Waals surface area contributed by atoms with Gasteiger partial charge < -0.3 is 5.32 Å². The van der Waals surface area contributed by atoms with Gasteiger partial charge in [0.1, 0.15) is 5.56 Å². The number of nitrogens with zero attached hydrogens (tertiary/aromatic N) is 1. The Morgan fingerprint density at radius 1 is 1.47 bits per heavy atom. The van der Waals surface area contributed by atoms with Crippen molar-refractivity contribution in [3.05, 3.63) is 39.9 Å². The first-order chi connectivity index (χ1) is 7.87. The van der Waals surface area contributed by atoms with Gasteiger partial charge in [-0.25, -0.2) is 0 Å². The van der Waals surface area contributed by atoms with Crippen LogP contribution in [0.15, 0.2) is 24.3 Å². The van der Waals surface area contributed by atoms with E-state index in [4.69, 9.17) is 11.6 Å². The number of para-hydroxylation sites is 1. The van der Waals surface area contributed by atoms with Gasteiger partial charge in [-0.1, -0.05) is 12.1 Å². The second-order valence-corrected chi connectivity index (χ2v) is 4.51. The number of carbonyl (C=O) groups is 1. The summed E-state index contributed by atoms with van der Waals surface area (Å²) < 4.78 is 0. The second kappa shape index (κ2) is 5.14. The molecule has 0 saturated carbocycles. The number of amides is 1. The Kier molecular flexibility index (Phi) is 4.07. The summed E-state index contributed by atoms with van der Waals surface area (Å²) in [5, 5.41) is 13.4. The van der Waals surface area contributed by atoms with Gasteiger partial charge in [0.15, 0.2) is 0 Å². The van der Waals surface area contributed by atoms with E-state index in [0.717, 1.165) is 0 Å². The Morgan fingerprint density at radius 2 is 2.06 bits per heavy atom. The van der Waals surface area contributed by atoms with E-state index in [-0.39, 0.29) is 17.1 Å².